The lowest BCUT2D eigenvalue weighted by molar-refractivity contribution is -0.277. The minimum atomic E-state index is -1.68. The van der Waals surface area contributed by atoms with E-state index in [0.29, 0.717) is 11.1 Å². The van der Waals surface area contributed by atoms with E-state index in [9.17, 15) is 35.4 Å². The van der Waals surface area contributed by atoms with Crippen molar-refractivity contribution in [2.75, 3.05) is 6.61 Å². The third-order valence-electron chi connectivity index (χ3n) is 5.22. The first-order valence-corrected chi connectivity index (χ1v) is 9.00. The standard InChI is InChI=1S/C20H20O9/c21-7-13-16(24)18(26)19(27)20(29-13)28-12-6-10(22)5-9-4-8-2-1-3-11(23)14(8)17(25)15(9)12/h1-3,5-6,13,16,18-24,26-27H,4,7H2/t13-,16-,18+,19-,20-/m1/s1. The fourth-order valence-electron chi connectivity index (χ4n) is 3.76. The summed E-state index contributed by atoms with van der Waals surface area (Å²) in [6.45, 7) is -0.636. The summed E-state index contributed by atoms with van der Waals surface area (Å²) in [7, 11) is 0. The number of benzene rings is 2. The molecule has 0 saturated carbocycles. The van der Waals surface area contributed by atoms with Crippen molar-refractivity contribution in [2.24, 2.45) is 0 Å². The quantitative estimate of drug-likeness (QED) is 0.336. The van der Waals surface area contributed by atoms with Gasteiger partial charge in [0.1, 0.15) is 41.7 Å². The lowest BCUT2D eigenvalue weighted by atomic mass is 9.84. The molecule has 0 unspecified atom stereocenters. The topological polar surface area (TPSA) is 157 Å². The van der Waals surface area contributed by atoms with Crippen molar-refractivity contribution in [2.45, 2.75) is 37.1 Å². The minimum Gasteiger partial charge on any atom is -0.508 e. The number of aliphatic hydroxyl groups is 4. The van der Waals surface area contributed by atoms with Gasteiger partial charge in [0, 0.05) is 6.07 Å². The molecule has 2 aliphatic rings. The van der Waals surface area contributed by atoms with Crippen LogP contribution in [-0.4, -0.2) is 73.7 Å². The number of phenols is 2. The second kappa shape index (κ2) is 7.29. The average Bonchev–Trinajstić information content (AvgIpc) is 2.67. The molecule has 154 valence electrons. The zero-order valence-electron chi connectivity index (χ0n) is 15.1. The molecule has 2 aromatic carbocycles. The van der Waals surface area contributed by atoms with E-state index in [-0.39, 0.29) is 34.8 Å². The number of aliphatic hydroxyl groups excluding tert-OH is 4. The van der Waals surface area contributed by atoms with Gasteiger partial charge in [0.15, 0.2) is 0 Å². The van der Waals surface area contributed by atoms with Crippen molar-refractivity contribution in [1.82, 2.24) is 0 Å². The highest BCUT2D eigenvalue weighted by molar-refractivity contribution is 6.15. The highest BCUT2D eigenvalue weighted by Crippen LogP contribution is 2.40. The molecular weight excluding hydrogens is 384 g/mol. The first-order chi connectivity index (χ1) is 13.8. The Morgan fingerprint density at radius 2 is 1.76 bits per heavy atom. The summed E-state index contributed by atoms with van der Waals surface area (Å²) in [5.41, 5.74) is 1.23. The number of fused-ring (bicyclic) bond motifs is 2. The molecule has 0 bridgehead atoms. The summed E-state index contributed by atoms with van der Waals surface area (Å²) in [5, 5.41) is 59.5. The average molecular weight is 404 g/mol. The largest absolute Gasteiger partial charge is 0.508 e. The Kier molecular flexibility index (Phi) is 4.93. The predicted octanol–water partition coefficient (Wildman–Crippen LogP) is -0.588. The van der Waals surface area contributed by atoms with Crippen LogP contribution in [0.2, 0.25) is 0 Å². The predicted molar refractivity (Wildman–Crippen MR) is 96.8 cm³/mol. The Hall–Kier alpha value is -2.69. The van der Waals surface area contributed by atoms with Gasteiger partial charge in [0.2, 0.25) is 12.1 Å². The molecule has 9 nitrogen and oxygen atoms in total. The number of carbonyl (C=O) groups is 1. The molecule has 0 aromatic heterocycles. The minimum absolute atomic E-state index is 0.0776. The fraction of sp³-hybridized carbons (Fsp3) is 0.350. The van der Waals surface area contributed by atoms with Crippen molar-refractivity contribution in [3.63, 3.8) is 0 Å². The lowest BCUT2D eigenvalue weighted by Gasteiger charge is -2.39. The van der Waals surface area contributed by atoms with E-state index >= 15 is 0 Å². The summed E-state index contributed by atoms with van der Waals surface area (Å²) in [6.07, 6.45) is -7.34. The zero-order chi connectivity index (χ0) is 20.9. The maximum Gasteiger partial charge on any atom is 0.229 e. The number of carbonyl (C=O) groups excluding carboxylic acids is 1. The van der Waals surface area contributed by atoms with Gasteiger partial charge in [-0.25, -0.2) is 0 Å². The second-order valence-corrected chi connectivity index (χ2v) is 7.11. The van der Waals surface area contributed by atoms with Crippen LogP contribution in [0.5, 0.6) is 17.2 Å². The SMILES string of the molecule is O=C1c2c(O)cccc2Cc2cc(O)cc(O[C@@H]3O[C@H](CO)[C@@H](O)[C@H](O)[C@H]3O)c21. The molecule has 0 spiro atoms. The summed E-state index contributed by atoms with van der Waals surface area (Å²) in [4.78, 5) is 13.1. The van der Waals surface area contributed by atoms with Crippen LogP contribution in [-0.2, 0) is 11.2 Å². The summed E-state index contributed by atoms with van der Waals surface area (Å²) >= 11 is 0. The Bertz CT molecular complexity index is 955. The third-order valence-corrected chi connectivity index (χ3v) is 5.22. The number of hydrogen-bond donors (Lipinski definition) is 6. The van der Waals surface area contributed by atoms with E-state index in [1.54, 1.807) is 12.1 Å². The zero-order valence-corrected chi connectivity index (χ0v) is 15.1. The van der Waals surface area contributed by atoms with Crippen molar-refractivity contribution in [3.8, 4) is 17.2 Å². The summed E-state index contributed by atoms with van der Waals surface area (Å²) < 4.78 is 10.9. The Morgan fingerprint density at radius 3 is 2.48 bits per heavy atom. The first kappa shape index (κ1) is 19.6. The molecule has 1 saturated heterocycles. The van der Waals surface area contributed by atoms with E-state index in [1.165, 1.54) is 12.1 Å². The molecule has 1 aliphatic carbocycles. The lowest BCUT2D eigenvalue weighted by Crippen LogP contribution is -2.60. The summed E-state index contributed by atoms with van der Waals surface area (Å²) in [5.74, 6) is -1.04. The third kappa shape index (κ3) is 3.22. The van der Waals surface area contributed by atoms with Gasteiger partial charge < -0.3 is 40.1 Å². The highest BCUT2D eigenvalue weighted by atomic mass is 16.7. The van der Waals surface area contributed by atoms with E-state index < -0.39 is 43.1 Å². The van der Waals surface area contributed by atoms with Gasteiger partial charge in [-0.1, -0.05) is 12.1 Å². The van der Waals surface area contributed by atoms with Crippen LogP contribution in [0.3, 0.4) is 0 Å². The molecule has 1 aliphatic heterocycles. The van der Waals surface area contributed by atoms with Crippen LogP contribution < -0.4 is 4.74 Å². The second-order valence-electron chi connectivity index (χ2n) is 7.11. The van der Waals surface area contributed by atoms with Gasteiger partial charge in [0.05, 0.1) is 17.7 Å². The number of ketones is 1. The van der Waals surface area contributed by atoms with Gasteiger partial charge >= 0.3 is 0 Å². The van der Waals surface area contributed by atoms with E-state index in [4.69, 9.17) is 9.47 Å². The number of aromatic hydroxyl groups is 2. The number of phenolic OH excluding ortho intramolecular Hbond substituents is 2. The number of ether oxygens (including phenoxy) is 2. The molecule has 2 aromatic rings. The molecule has 6 N–H and O–H groups in total. The molecular formula is C20H20O9. The van der Waals surface area contributed by atoms with Crippen LogP contribution in [0.4, 0.5) is 0 Å². The molecule has 0 amide bonds. The number of rotatable bonds is 3. The molecule has 29 heavy (non-hydrogen) atoms. The van der Waals surface area contributed by atoms with Gasteiger partial charge in [-0.2, -0.15) is 0 Å². The van der Waals surface area contributed by atoms with E-state index in [1.807, 2.05) is 0 Å². The van der Waals surface area contributed by atoms with Crippen molar-refractivity contribution in [1.29, 1.82) is 0 Å². The number of hydrogen-bond acceptors (Lipinski definition) is 9. The van der Waals surface area contributed by atoms with Crippen LogP contribution >= 0.6 is 0 Å². The summed E-state index contributed by atoms with van der Waals surface area (Å²) in [6, 6.07) is 7.25. The van der Waals surface area contributed by atoms with E-state index in [2.05, 4.69) is 0 Å². The van der Waals surface area contributed by atoms with Crippen molar-refractivity contribution >= 4 is 5.78 Å². The van der Waals surface area contributed by atoms with Crippen LogP contribution in [0.1, 0.15) is 27.0 Å². The van der Waals surface area contributed by atoms with Gasteiger partial charge in [-0.05, 0) is 29.7 Å². The normalized spacial score (nSPS) is 28.6. The highest BCUT2D eigenvalue weighted by Gasteiger charge is 2.45. The molecule has 9 heteroatoms. The van der Waals surface area contributed by atoms with Gasteiger partial charge in [-0.3, -0.25) is 4.79 Å². The Morgan fingerprint density at radius 1 is 1.00 bits per heavy atom. The van der Waals surface area contributed by atoms with Crippen molar-refractivity contribution < 1.29 is 44.9 Å². The molecule has 4 rings (SSSR count). The molecule has 5 atom stereocenters. The van der Waals surface area contributed by atoms with Crippen LogP contribution in [0, 0.1) is 0 Å². The first-order valence-electron chi connectivity index (χ1n) is 9.00. The van der Waals surface area contributed by atoms with Gasteiger partial charge in [-0.15, -0.1) is 0 Å². The molecule has 1 heterocycles. The maximum absolute atomic E-state index is 13.1. The molecule has 0 radical (unpaired) electrons. The van der Waals surface area contributed by atoms with E-state index in [0.717, 1.165) is 6.07 Å². The maximum atomic E-state index is 13.1. The smallest absolute Gasteiger partial charge is 0.229 e. The Balaban J connectivity index is 1.73. The van der Waals surface area contributed by atoms with Gasteiger partial charge in [0.25, 0.3) is 0 Å². The van der Waals surface area contributed by atoms with Crippen molar-refractivity contribution in [3.05, 3.63) is 52.6 Å². The fourth-order valence-corrected chi connectivity index (χ4v) is 3.76. The molecule has 1 fully saturated rings. The monoisotopic (exact) mass is 404 g/mol. The van der Waals surface area contributed by atoms with Crippen LogP contribution in [0.25, 0.3) is 0 Å². The Labute approximate surface area is 165 Å². The van der Waals surface area contributed by atoms with Crippen LogP contribution in [0.15, 0.2) is 30.3 Å².